The molecule has 1 N–H and O–H groups in total. The summed E-state index contributed by atoms with van der Waals surface area (Å²) in [6, 6.07) is 0. The minimum Gasteiger partial charge on any atom is -0.481 e. The van der Waals surface area contributed by atoms with Gasteiger partial charge in [-0.25, -0.2) is 0 Å². The van der Waals surface area contributed by atoms with E-state index in [1.165, 1.54) is 13.1 Å². The molecule has 94 valence electrons. The molecule has 16 heavy (non-hydrogen) atoms. The molecule has 1 atom stereocenters. The highest BCUT2D eigenvalue weighted by atomic mass is 16.4. The molecular weight excluding hydrogens is 202 g/mol. The predicted octanol–water partition coefficient (Wildman–Crippen LogP) is 2.61. The highest BCUT2D eigenvalue weighted by molar-refractivity contribution is 5.66. The molecule has 0 amide bonds. The Kier molecular flexibility index (Phi) is 4.78. The molecule has 1 fully saturated rings. The maximum absolute atomic E-state index is 10.5. The molecule has 1 heterocycles. The molecule has 3 heteroatoms. The Morgan fingerprint density at radius 3 is 2.44 bits per heavy atom. The van der Waals surface area contributed by atoms with Gasteiger partial charge in [-0.05, 0) is 30.7 Å². The van der Waals surface area contributed by atoms with Gasteiger partial charge in [-0.2, -0.15) is 0 Å². The fourth-order valence-electron chi connectivity index (χ4n) is 2.57. The highest BCUT2D eigenvalue weighted by Gasteiger charge is 2.33. The largest absolute Gasteiger partial charge is 0.481 e. The lowest BCUT2D eigenvalue weighted by Crippen LogP contribution is -2.53. The molecule has 0 aromatic heterocycles. The number of nitrogens with zero attached hydrogens (tertiary/aromatic N) is 1. The number of carboxylic acid groups (broad SMARTS) is 1. The summed E-state index contributed by atoms with van der Waals surface area (Å²) in [6.45, 7) is 10.3. The Bertz CT molecular complexity index is 230. The third-order valence-electron chi connectivity index (χ3n) is 3.50. The van der Waals surface area contributed by atoms with Gasteiger partial charge in [-0.3, -0.25) is 4.79 Å². The quantitative estimate of drug-likeness (QED) is 0.727. The fraction of sp³-hybridized carbons (Fsp3) is 0.923. The zero-order valence-electron chi connectivity index (χ0n) is 10.8. The summed E-state index contributed by atoms with van der Waals surface area (Å²) < 4.78 is 0. The summed E-state index contributed by atoms with van der Waals surface area (Å²) in [6.07, 6.45) is 3.41. The van der Waals surface area contributed by atoms with E-state index in [9.17, 15) is 4.79 Å². The van der Waals surface area contributed by atoms with E-state index in [0.717, 1.165) is 25.8 Å². The number of rotatable bonds is 7. The van der Waals surface area contributed by atoms with Crippen molar-refractivity contribution in [2.75, 3.05) is 19.6 Å². The molecule has 0 saturated carbocycles. The van der Waals surface area contributed by atoms with Crippen LogP contribution in [0.2, 0.25) is 0 Å². The van der Waals surface area contributed by atoms with Gasteiger partial charge in [0.2, 0.25) is 0 Å². The van der Waals surface area contributed by atoms with E-state index in [1.807, 2.05) is 0 Å². The second-order valence-electron chi connectivity index (χ2n) is 5.87. The van der Waals surface area contributed by atoms with Crippen molar-refractivity contribution in [3.63, 3.8) is 0 Å². The number of hydrogen-bond acceptors (Lipinski definition) is 2. The standard InChI is InChI=1S/C13H25NO2/c1-4-11(5-6-12(15)16)7-8-14-9-13(2,3)10-14/h11H,4-10H2,1-3H3,(H,15,16). The van der Waals surface area contributed by atoms with E-state index in [2.05, 4.69) is 25.7 Å². The number of aliphatic carboxylic acids is 1. The van der Waals surface area contributed by atoms with Crippen molar-refractivity contribution in [1.29, 1.82) is 0 Å². The molecule has 1 rings (SSSR count). The second-order valence-corrected chi connectivity index (χ2v) is 5.87. The van der Waals surface area contributed by atoms with Gasteiger partial charge in [-0.1, -0.05) is 27.2 Å². The molecule has 3 nitrogen and oxygen atoms in total. The lowest BCUT2D eigenvalue weighted by molar-refractivity contribution is -0.137. The summed E-state index contributed by atoms with van der Waals surface area (Å²) >= 11 is 0. The third kappa shape index (κ3) is 4.52. The fourth-order valence-corrected chi connectivity index (χ4v) is 2.57. The summed E-state index contributed by atoms with van der Waals surface area (Å²) in [4.78, 5) is 13.0. The SMILES string of the molecule is CCC(CCC(=O)O)CCN1CC(C)(C)C1. The highest BCUT2D eigenvalue weighted by Crippen LogP contribution is 2.29. The van der Waals surface area contributed by atoms with Gasteiger partial charge in [0.05, 0.1) is 0 Å². The van der Waals surface area contributed by atoms with E-state index in [-0.39, 0.29) is 0 Å². The molecule has 1 unspecified atom stereocenters. The van der Waals surface area contributed by atoms with Crippen LogP contribution in [0.1, 0.15) is 46.5 Å². The van der Waals surface area contributed by atoms with Crippen LogP contribution in [-0.4, -0.2) is 35.6 Å². The minimum absolute atomic E-state index is 0.323. The second kappa shape index (κ2) is 5.67. The van der Waals surface area contributed by atoms with Crippen molar-refractivity contribution in [3.8, 4) is 0 Å². The van der Waals surface area contributed by atoms with E-state index >= 15 is 0 Å². The molecule has 0 spiro atoms. The van der Waals surface area contributed by atoms with Crippen molar-refractivity contribution in [1.82, 2.24) is 4.90 Å². The van der Waals surface area contributed by atoms with Gasteiger partial charge in [-0.15, -0.1) is 0 Å². The van der Waals surface area contributed by atoms with Gasteiger partial charge in [0.25, 0.3) is 0 Å². The van der Waals surface area contributed by atoms with Crippen LogP contribution in [0.25, 0.3) is 0 Å². The molecule has 0 aromatic carbocycles. The molecule has 1 aliphatic rings. The maximum atomic E-state index is 10.5. The van der Waals surface area contributed by atoms with Crippen molar-refractivity contribution >= 4 is 5.97 Å². The molecule has 0 aromatic rings. The number of carbonyl (C=O) groups is 1. The van der Waals surface area contributed by atoms with Crippen LogP contribution < -0.4 is 0 Å². The van der Waals surface area contributed by atoms with Crippen molar-refractivity contribution in [2.45, 2.75) is 46.5 Å². The van der Waals surface area contributed by atoms with E-state index in [1.54, 1.807) is 0 Å². The first-order valence-corrected chi connectivity index (χ1v) is 6.37. The summed E-state index contributed by atoms with van der Waals surface area (Å²) in [5.41, 5.74) is 0.503. The van der Waals surface area contributed by atoms with Gasteiger partial charge < -0.3 is 10.0 Å². The smallest absolute Gasteiger partial charge is 0.303 e. The summed E-state index contributed by atoms with van der Waals surface area (Å²) in [7, 11) is 0. The Balaban J connectivity index is 2.12. The van der Waals surface area contributed by atoms with E-state index in [4.69, 9.17) is 5.11 Å². The van der Waals surface area contributed by atoms with E-state index < -0.39 is 5.97 Å². The van der Waals surface area contributed by atoms with Gasteiger partial charge in [0.15, 0.2) is 0 Å². The lowest BCUT2D eigenvalue weighted by Gasteiger charge is -2.46. The topological polar surface area (TPSA) is 40.5 Å². The summed E-state index contributed by atoms with van der Waals surface area (Å²) in [5.74, 6) is -0.0802. The molecule has 0 radical (unpaired) electrons. The molecule has 1 saturated heterocycles. The van der Waals surface area contributed by atoms with Crippen LogP contribution in [0.5, 0.6) is 0 Å². The average molecular weight is 227 g/mol. The minimum atomic E-state index is -0.663. The summed E-state index contributed by atoms with van der Waals surface area (Å²) in [5, 5.41) is 8.65. The first-order chi connectivity index (χ1) is 7.43. The number of hydrogen-bond donors (Lipinski definition) is 1. The number of likely N-dealkylation sites (tertiary alicyclic amines) is 1. The van der Waals surface area contributed by atoms with Gasteiger partial charge in [0.1, 0.15) is 0 Å². The first-order valence-electron chi connectivity index (χ1n) is 6.37. The Morgan fingerprint density at radius 1 is 1.38 bits per heavy atom. The van der Waals surface area contributed by atoms with Crippen LogP contribution in [-0.2, 0) is 4.79 Å². The van der Waals surface area contributed by atoms with Crippen molar-refractivity contribution < 1.29 is 9.90 Å². The Hall–Kier alpha value is -0.570. The molecule has 0 bridgehead atoms. The van der Waals surface area contributed by atoms with Crippen LogP contribution in [0.15, 0.2) is 0 Å². The third-order valence-corrected chi connectivity index (χ3v) is 3.50. The maximum Gasteiger partial charge on any atom is 0.303 e. The van der Waals surface area contributed by atoms with Crippen LogP contribution >= 0.6 is 0 Å². The van der Waals surface area contributed by atoms with Crippen LogP contribution in [0.4, 0.5) is 0 Å². The van der Waals surface area contributed by atoms with Crippen molar-refractivity contribution in [3.05, 3.63) is 0 Å². The predicted molar refractivity (Wildman–Crippen MR) is 65.5 cm³/mol. The van der Waals surface area contributed by atoms with Gasteiger partial charge in [0, 0.05) is 19.5 Å². The Labute approximate surface area is 98.8 Å². The first kappa shape index (κ1) is 13.5. The van der Waals surface area contributed by atoms with Gasteiger partial charge >= 0.3 is 5.97 Å². The average Bonchev–Trinajstić information content (AvgIpc) is 2.14. The lowest BCUT2D eigenvalue weighted by atomic mass is 9.84. The molecule has 1 aliphatic heterocycles. The van der Waals surface area contributed by atoms with Crippen LogP contribution in [0, 0.1) is 11.3 Å². The van der Waals surface area contributed by atoms with Crippen molar-refractivity contribution in [2.24, 2.45) is 11.3 Å². The monoisotopic (exact) mass is 227 g/mol. The molecule has 0 aliphatic carbocycles. The number of carboxylic acids is 1. The zero-order valence-corrected chi connectivity index (χ0v) is 10.8. The molecular formula is C13H25NO2. The Morgan fingerprint density at radius 2 is 2.00 bits per heavy atom. The normalized spacial score (nSPS) is 21.4. The zero-order chi connectivity index (χ0) is 12.2. The van der Waals surface area contributed by atoms with E-state index in [0.29, 0.717) is 17.8 Å². The van der Waals surface area contributed by atoms with Crippen LogP contribution in [0.3, 0.4) is 0 Å².